The highest BCUT2D eigenvalue weighted by atomic mass is 35.5. The summed E-state index contributed by atoms with van der Waals surface area (Å²) in [7, 11) is 0. The maximum atomic E-state index is 5.87. The van der Waals surface area contributed by atoms with Gasteiger partial charge in [0.15, 0.2) is 5.82 Å². The maximum Gasteiger partial charge on any atom is 0.181 e. The van der Waals surface area contributed by atoms with Crippen molar-refractivity contribution >= 4 is 11.6 Å². The number of hydrogen-bond acceptors (Lipinski definition) is 4. The third-order valence-corrected chi connectivity index (χ3v) is 3.36. The number of ether oxygens (including phenoxy) is 1. The molecule has 1 fully saturated rings. The van der Waals surface area contributed by atoms with Crippen molar-refractivity contribution in [3.8, 4) is 11.4 Å². The number of hydrogen-bond donors (Lipinski definition) is 1. The SMILES string of the molecule is Clc1ccc(-c2n[nH]c(CN3CCOCC3)n2)cc1. The highest BCUT2D eigenvalue weighted by molar-refractivity contribution is 6.30. The quantitative estimate of drug-likeness (QED) is 0.932. The molecule has 1 aromatic carbocycles. The number of nitrogens with zero attached hydrogens (tertiary/aromatic N) is 3. The van der Waals surface area contributed by atoms with Crippen molar-refractivity contribution in [2.24, 2.45) is 0 Å². The summed E-state index contributed by atoms with van der Waals surface area (Å²) in [5, 5.41) is 7.95. The van der Waals surface area contributed by atoms with E-state index in [-0.39, 0.29) is 0 Å². The molecular weight excluding hydrogens is 264 g/mol. The highest BCUT2D eigenvalue weighted by Gasteiger charge is 2.13. The van der Waals surface area contributed by atoms with Crippen molar-refractivity contribution in [1.29, 1.82) is 0 Å². The third-order valence-electron chi connectivity index (χ3n) is 3.11. The van der Waals surface area contributed by atoms with Crippen LogP contribution in [0.25, 0.3) is 11.4 Å². The number of rotatable bonds is 3. The molecule has 3 rings (SSSR count). The van der Waals surface area contributed by atoms with E-state index in [0.717, 1.165) is 44.2 Å². The normalized spacial score (nSPS) is 16.7. The zero-order valence-corrected chi connectivity index (χ0v) is 11.2. The molecular formula is C13H15ClN4O. The molecule has 0 aliphatic carbocycles. The van der Waals surface area contributed by atoms with E-state index in [1.54, 1.807) is 0 Å². The monoisotopic (exact) mass is 278 g/mol. The Bertz CT molecular complexity index is 534. The average molecular weight is 279 g/mol. The van der Waals surface area contributed by atoms with Crippen LogP contribution in [0.15, 0.2) is 24.3 Å². The molecule has 0 spiro atoms. The molecule has 0 saturated carbocycles. The van der Waals surface area contributed by atoms with E-state index < -0.39 is 0 Å². The lowest BCUT2D eigenvalue weighted by Gasteiger charge is -2.25. The van der Waals surface area contributed by atoms with Crippen molar-refractivity contribution < 1.29 is 4.74 Å². The van der Waals surface area contributed by atoms with Crippen molar-refractivity contribution in [3.63, 3.8) is 0 Å². The summed E-state index contributed by atoms with van der Waals surface area (Å²) in [6.45, 7) is 4.24. The minimum atomic E-state index is 0.708. The Labute approximate surface area is 116 Å². The predicted octanol–water partition coefficient (Wildman–Crippen LogP) is 1.96. The molecule has 0 bridgehead atoms. The molecule has 1 aliphatic rings. The Morgan fingerprint density at radius 3 is 2.68 bits per heavy atom. The fourth-order valence-corrected chi connectivity index (χ4v) is 2.19. The van der Waals surface area contributed by atoms with Gasteiger partial charge in [-0.3, -0.25) is 10.00 Å². The largest absolute Gasteiger partial charge is 0.379 e. The van der Waals surface area contributed by atoms with Gasteiger partial charge in [0.1, 0.15) is 5.82 Å². The second kappa shape index (κ2) is 5.69. The van der Waals surface area contributed by atoms with Crippen molar-refractivity contribution in [2.45, 2.75) is 6.54 Å². The number of H-pyrrole nitrogens is 1. The van der Waals surface area contributed by atoms with Gasteiger partial charge >= 0.3 is 0 Å². The van der Waals surface area contributed by atoms with Gasteiger partial charge in [-0.15, -0.1) is 0 Å². The van der Waals surface area contributed by atoms with Gasteiger partial charge in [-0.1, -0.05) is 11.6 Å². The first kappa shape index (κ1) is 12.6. The summed E-state index contributed by atoms with van der Waals surface area (Å²) in [5.41, 5.74) is 0.967. The summed E-state index contributed by atoms with van der Waals surface area (Å²) < 4.78 is 5.32. The van der Waals surface area contributed by atoms with Gasteiger partial charge < -0.3 is 4.74 Å². The zero-order valence-electron chi connectivity index (χ0n) is 10.5. The van der Waals surface area contributed by atoms with Crippen LogP contribution in [0.5, 0.6) is 0 Å². The van der Waals surface area contributed by atoms with Crippen molar-refractivity contribution in [2.75, 3.05) is 26.3 Å². The molecule has 0 atom stereocenters. The van der Waals surface area contributed by atoms with Gasteiger partial charge in [0.2, 0.25) is 0 Å². The molecule has 19 heavy (non-hydrogen) atoms. The predicted molar refractivity (Wildman–Crippen MR) is 72.9 cm³/mol. The van der Waals surface area contributed by atoms with E-state index in [9.17, 15) is 0 Å². The van der Waals surface area contributed by atoms with Crippen LogP contribution in [0.3, 0.4) is 0 Å². The first-order valence-electron chi connectivity index (χ1n) is 6.28. The fraction of sp³-hybridized carbons (Fsp3) is 0.385. The summed E-state index contributed by atoms with van der Waals surface area (Å²) in [6.07, 6.45) is 0. The van der Waals surface area contributed by atoms with Crippen LogP contribution >= 0.6 is 11.6 Å². The highest BCUT2D eigenvalue weighted by Crippen LogP contribution is 2.18. The molecule has 0 radical (unpaired) electrons. The van der Waals surface area contributed by atoms with E-state index in [4.69, 9.17) is 16.3 Å². The Morgan fingerprint density at radius 2 is 1.95 bits per heavy atom. The minimum absolute atomic E-state index is 0.708. The number of nitrogens with one attached hydrogen (secondary N) is 1. The van der Waals surface area contributed by atoms with Gasteiger partial charge in [0.05, 0.1) is 19.8 Å². The molecule has 0 unspecified atom stereocenters. The van der Waals surface area contributed by atoms with Gasteiger partial charge in [-0.2, -0.15) is 5.10 Å². The zero-order chi connectivity index (χ0) is 13.1. The Kier molecular flexibility index (Phi) is 3.77. The number of morpholine rings is 1. The summed E-state index contributed by atoms with van der Waals surface area (Å²) in [4.78, 5) is 6.81. The maximum absolute atomic E-state index is 5.87. The lowest BCUT2D eigenvalue weighted by atomic mass is 10.2. The van der Waals surface area contributed by atoms with Crippen LogP contribution in [0.4, 0.5) is 0 Å². The molecule has 1 saturated heterocycles. The van der Waals surface area contributed by atoms with E-state index in [1.165, 1.54) is 0 Å². The Hall–Kier alpha value is -1.43. The van der Waals surface area contributed by atoms with Crippen LogP contribution in [0, 0.1) is 0 Å². The van der Waals surface area contributed by atoms with Crippen molar-refractivity contribution in [1.82, 2.24) is 20.1 Å². The van der Waals surface area contributed by atoms with E-state index in [1.807, 2.05) is 24.3 Å². The number of aromatic nitrogens is 3. The van der Waals surface area contributed by atoms with Crippen LogP contribution in [0.2, 0.25) is 5.02 Å². The number of aromatic amines is 1. The van der Waals surface area contributed by atoms with Gasteiger partial charge in [-0.25, -0.2) is 4.98 Å². The standard InChI is InChI=1S/C13H15ClN4O/c14-11-3-1-10(2-4-11)13-15-12(16-17-13)9-18-5-7-19-8-6-18/h1-4H,5-9H2,(H,15,16,17). The van der Waals surface area contributed by atoms with Crippen LogP contribution < -0.4 is 0 Å². The van der Waals surface area contributed by atoms with Crippen molar-refractivity contribution in [3.05, 3.63) is 35.1 Å². The molecule has 1 aliphatic heterocycles. The number of benzene rings is 1. The van der Waals surface area contributed by atoms with Crippen LogP contribution in [-0.4, -0.2) is 46.4 Å². The topological polar surface area (TPSA) is 54.0 Å². The van der Waals surface area contributed by atoms with Crippen LogP contribution in [-0.2, 0) is 11.3 Å². The lowest BCUT2D eigenvalue weighted by Crippen LogP contribution is -2.35. The first-order chi connectivity index (χ1) is 9.31. The Balaban J connectivity index is 1.70. The van der Waals surface area contributed by atoms with E-state index >= 15 is 0 Å². The smallest absolute Gasteiger partial charge is 0.181 e. The first-order valence-corrected chi connectivity index (χ1v) is 6.66. The molecule has 5 nitrogen and oxygen atoms in total. The van der Waals surface area contributed by atoms with Gasteiger partial charge in [0, 0.05) is 23.7 Å². The molecule has 2 heterocycles. The van der Waals surface area contributed by atoms with Crippen LogP contribution in [0.1, 0.15) is 5.82 Å². The molecule has 1 N–H and O–H groups in total. The second-order valence-electron chi connectivity index (χ2n) is 4.50. The second-order valence-corrected chi connectivity index (χ2v) is 4.94. The summed E-state index contributed by atoms with van der Waals surface area (Å²) in [6, 6.07) is 7.53. The summed E-state index contributed by atoms with van der Waals surface area (Å²) in [5.74, 6) is 1.59. The third kappa shape index (κ3) is 3.12. The lowest BCUT2D eigenvalue weighted by molar-refractivity contribution is 0.0331. The molecule has 1 aromatic heterocycles. The number of halogens is 1. The van der Waals surface area contributed by atoms with Gasteiger partial charge in [-0.05, 0) is 24.3 Å². The molecule has 6 heteroatoms. The molecule has 0 amide bonds. The van der Waals surface area contributed by atoms with E-state index in [0.29, 0.717) is 10.8 Å². The summed E-state index contributed by atoms with van der Waals surface area (Å²) >= 11 is 5.87. The average Bonchev–Trinajstić information content (AvgIpc) is 2.89. The molecule has 100 valence electrons. The van der Waals surface area contributed by atoms with E-state index in [2.05, 4.69) is 20.1 Å². The van der Waals surface area contributed by atoms with Gasteiger partial charge in [0.25, 0.3) is 0 Å². The Morgan fingerprint density at radius 1 is 1.21 bits per heavy atom. The minimum Gasteiger partial charge on any atom is -0.379 e. The fourth-order valence-electron chi connectivity index (χ4n) is 2.07. The molecule has 2 aromatic rings.